The number of ether oxygens (including phenoxy) is 3. The van der Waals surface area contributed by atoms with Crippen LogP contribution in [0, 0.1) is 11.3 Å². The first-order valence-corrected chi connectivity index (χ1v) is 15.1. The summed E-state index contributed by atoms with van der Waals surface area (Å²) in [6.07, 6.45) is 18.6. The van der Waals surface area contributed by atoms with Crippen molar-refractivity contribution in [2.75, 3.05) is 13.7 Å². The number of allylic oxidation sites excluding steroid dienone is 5. The highest BCUT2D eigenvalue weighted by Crippen LogP contribution is 2.23. The summed E-state index contributed by atoms with van der Waals surface area (Å²) in [4.78, 5) is 49.5. The van der Waals surface area contributed by atoms with Crippen molar-refractivity contribution in [2.45, 2.75) is 92.4 Å². The first-order valence-electron chi connectivity index (χ1n) is 15.1. The Kier molecular flexibility index (Phi) is 17.2. The van der Waals surface area contributed by atoms with Crippen molar-refractivity contribution in [3.8, 4) is 0 Å². The molecule has 1 heterocycles. The van der Waals surface area contributed by atoms with Crippen LogP contribution in [0.3, 0.4) is 0 Å². The normalized spacial score (nSPS) is 18.2. The van der Waals surface area contributed by atoms with Crippen LogP contribution in [-0.2, 0) is 28.6 Å². The molecule has 244 valence electrons. The molecule has 1 aliphatic heterocycles. The quantitative estimate of drug-likeness (QED) is 0.0900. The number of carbonyl (C=O) groups is 4. The molecule has 1 aliphatic rings. The molecule has 0 radical (unpaired) electrons. The molecule has 10 heteroatoms. The fraction of sp³-hybridized carbons (Fsp3) is 0.529. The van der Waals surface area contributed by atoms with Crippen LogP contribution in [0.25, 0.3) is 0 Å². The van der Waals surface area contributed by atoms with Crippen LogP contribution in [0.1, 0.15) is 74.1 Å². The van der Waals surface area contributed by atoms with Gasteiger partial charge in [-0.15, -0.1) is 0 Å². The van der Waals surface area contributed by atoms with Crippen LogP contribution in [-0.4, -0.2) is 55.8 Å². The summed E-state index contributed by atoms with van der Waals surface area (Å²) in [6, 6.07) is -0.795. The molecule has 1 rings (SSSR count). The average Bonchev–Trinajstić information content (AvgIpc) is 2.96. The van der Waals surface area contributed by atoms with Crippen LogP contribution in [0.5, 0.6) is 0 Å². The minimum absolute atomic E-state index is 0.0116. The lowest BCUT2D eigenvalue weighted by Crippen LogP contribution is -2.52. The maximum absolute atomic E-state index is 13.0. The minimum Gasteiger partial charge on any atom is -0.490 e. The number of amides is 3. The van der Waals surface area contributed by atoms with E-state index in [0.717, 1.165) is 12.0 Å². The van der Waals surface area contributed by atoms with E-state index in [-0.39, 0.29) is 29.8 Å². The van der Waals surface area contributed by atoms with Crippen molar-refractivity contribution in [3.05, 3.63) is 72.2 Å². The molecule has 0 aromatic carbocycles. The molecule has 0 bridgehead atoms. The van der Waals surface area contributed by atoms with E-state index in [1.54, 1.807) is 24.3 Å². The zero-order valence-corrected chi connectivity index (χ0v) is 27.5. The van der Waals surface area contributed by atoms with Gasteiger partial charge in [-0.1, -0.05) is 82.7 Å². The summed E-state index contributed by atoms with van der Waals surface area (Å²) in [5.74, 6) is -1.01. The van der Waals surface area contributed by atoms with Gasteiger partial charge in [-0.25, -0.2) is 9.59 Å². The van der Waals surface area contributed by atoms with Gasteiger partial charge >= 0.3 is 12.1 Å². The standard InChI is InChI=1S/C34H51N3O7/c1-9-11-16-26(43-33(41)36-21-10-2)17-14-22-35-31(39)30(34(5,6)7)37-29(38)18-13-12-15-24(3)23-25(4)27-19-20-28(42-8)32(40)44-27/h9,11-15,18,20,22-23,25-27,30H,10,16-17,19,21H2,1-8H3,(H,35,39)(H,36,41)(H,37,38)/b11-9-,15-12-,18-13-,22-14-,24-23+/t25-,26-,27-,30+/m0/s1. The van der Waals surface area contributed by atoms with E-state index in [9.17, 15) is 19.2 Å². The van der Waals surface area contributed by atoms with Crippen molar-refractivity contribution >= 4 is 23.9 Å². The number of carbonyl (C=O) groups excluding carboxylic acids is 4. The number of hydrogen-bond donors (Lipinski definition) is 3. The van der Waals surface area contributed by atoms with E-state index < -0.39 is 29.4 Å². The Labute approximate surface area is 262 Å². The second kappa shape index (κ2) is 20.0. The van der Waals surface area contributed by atoms with Crippen molar-refractivity contribution in [1.29, 1.82) is 0 Å². The summed E-state index contributed by atoms with van der Waals surface area (Å²) >= 11 is 0. The number of hydrogen-bond acceptors (Lipinski definition) is 7. The van der Waals surface area contributed by atoms with Crippen molar-refractivity contribution < 1.29 is 33.4 Å². The van der Waals surface area contributed by atoms with Crippen LogP contribution >= 0.6 is 0 Å². The molecule has 0 aliphatic carbocycles. The van der Waals surface area contributed by atoms with Crippen molar-refractivity contribution in [3.63, 3.8) is 0 Å². The van der Waals surface area contributed by atoms with Crippen molar-refractivity contribution in [1.82, 2.24) is 16.0 Å². The van der Waals surface area contributed by atoms with Gasteiger partial charge in [0.1, 0.15) is 18.2 Å². The summed E-state index contributed by atoms with van der Waals surface area (Å²) in [7, 11) is 1.44. The highest BCUT2D eigenvalue weighted by molar-refractivity contribution is 5.93. The topological polar surface area (TPSA) is 132 Å². The molecule has 0 aromatic heterocycles. The van der Waals surface area contributed by atoms with Gasteiger partial charge in [-0.2, -0.15) is 0 Å². The Balaban J connectivity index is 2.69. The predicted molar refractivity (Wildman–Crippen MR) is 172 cm³/mol. The van der Waals surface area contributed by atoms with Gasteiger partial charge in [0, 0.05) is 37.8 Å². The van der Waals surface area contributed by atoms with Gasteiger partial charge in [-0.05, 0) is 38.0 Å². The summed E-state index contributed by atoms with van der Waals surface area (Å²) in [5, 5.41) is 8.21. The molecule has 0 saturated carbocycles. The second-order valence-electron chi connectivity index (χ2n) is 11.7. The molecular formula is C34H51N3O7. The fourth-order valence-electron chi connectivity index (χ4n) is 4.18. The monoisotopic (exact) mass is 613 g/mol. The first-order chi connectivity index (χ1) is 20.8. The molecular weight excluding hydrogens is 562 g/mol. The average molecular weight is 614 g/mol. The lowest BCUT2D eigenvalue weighted by molar-refractivity contribution is -0.151. The molecule has 3 amide bonds. The minimum atomic E-state index is -0.795. The molecule has 0 unspecified atom stereocenters. The van der Waals surface area contributed by atoms with E-state index in [1.807, 2.05) is 72.8 Å². The molecule has 3 N–H and O–H groups in total. The molecule has 0 spiro atoms. The molecule has 10 nitrogen and oxygen atoms in total. The van der Waals surface area contributed by atoms with Crippen LogP contribution in [0.4, 0.5) is 4.79 Å². The van der Waals surface area contributed by atoms with Gasteiger partial charge in [0.25, 0.3) is 0 Å². The Bertz CT molecular complexity index is 1140. The van der Waals surface area contributed by atoms with Crippen LogP contribution in [0.2, 0.25) is 0 Å². The molecule has 4 atom stereocenters. The number of alkyl carbamates (subject to hydrolysis) is 1. The molecule has 44 heavy (non-hydrogen) atoms. The Morgan fingerprint density at radius 1 is 1.14 bits per heavy atom. The number of esters is 1. The third-order valence-corrected chi connectivity index (χ3v) is 6.63. The highest BCUT2D eigenvalue weighted by atomic mass is 16.6. The Morgan fingerprint density at radius 2 is 1.82 bits per heavy atom. The lowest BCUT2D eigenvalue weighted by Gasteiger charge is -2.29. The predicted octanol–water partition coefficient (Wildman–Crippen LogP) is 5.55. The number of cyclic esters (lactones) is 1. The van der Waals surface area contributed by atoms with Gasteiger partial charge in [0.05, 0.1) is 7.11 Å². The number of rotatable bonds is 16. The van der Waals surface area contributed by atoms with E-state index >= 15 is 0 Å². The van der Waals surface area contributed by atoms with E-state index in [0.29, 0.717) is 25.8 Å². The van der Waals surface area contributed by atoms with Gasteiger partial charge in [-0.3, -0.25) is 9.59 Å². The second-order valence-corrected chi connectivity index (χ2v) is 11.7. The van der Waals surface area contributed by atoms with Gasteiger partial charge in [0.2, 0.25) is 11.8 Å². The third-order valence-electron chi connectivity index (χ3n) is 6.63. The molecule has 0 saturated heterocycles. The summed E-state index contributed by atoms with van der Waals surface area (Å²) < 4.78 is 15.9. The van der Waals surface area contributed by atoms with Gasteiger partial charge < -0.3 is 30.2 Å². The van der Waals surface area contributed by atoms with E-state index in [2.05, 4.69) is 16.0 Å². The Morgan fingerprint density at radius 3 is 2.43 bits per heavy atom. The first kappa shape index (κ1) is 37.9. The maximum Gasteiger partial charge on any atom is 0.407 e. The fourth-order valence-corrected chi connectivity index (χ4v) is 4.18. The maximum atomic E-state index is 13.0. The zero-order valence-electron chi connectivity index (χ0n) is 27.5. The third kappa shape index (κ3) is 14.9. The highest BCUT2D eigenvalue weighted by Gasteiger charge is 2.32. The lowest BCUT2D eigenvalue weighted by atomic mass is 9.86. The number of methoxy groups -OCH3 is 1. The SMILES string of the molecule is C/C=C\C[C@@H](C/C=C\NC(=O)[C@@H](NC(=O)\C=C/C=C\C(C)=C\[C@H](C)[C@@H]1CC=C(OC)C(=O)O1)C(C)(C)C)OC(=O)NCCC. The van der Waals surface area contributed by atoms with Crippen LogP contribution in [0.15, 0.2) is 72.2 Å². The summed E-state index contributed by atoms with van der Waals surface area (Å²) in [5.41, 5.74) is 0.391. The molecule has 0 fully saturated rings. The van der Waals surface area contributed by atoms with E-state index in [1.165, 1.54) is 19.4 Å². The largest absolute Gasteiger partial charge is 0.490 e. The van der Waals surface area contributed by atoms with Crippen LogP contribution < -0.4 is 16.0 Å². The number of nitrogens with one attached hydrogen (secondary N) is 3. The Hall–Kier alpha value is -4.08. The van der Waals surface area contributed by atoms with Crippen molar-refractivity contribution in [2.24, 2.45) is 11.3 Å². The van der Waals surface area contributed by atoms with Gasteiger partial charge in [0.15, 0.2) is 5.76 Å². The molecule has 0 aromatic rings. The zero-order chi connectivity index (χ0) is 33.1. The van der Waals surface area contributed by atoms with E-state index in [4.69, 9.17) is 14.2 Å². The summed E-state index contributed by atoms with van der Waals surface area (Å²) in [6.45, 7) is 13.9. The smallest absolute Gasteiger partial charge is 0.407 e.